The first-order chi connectivity index (χ1) is 8.45. The fraction of sp³-hybridized carbons (Fsp3) is 0.600. The number of halogens is 2. The molecule has 0 bridgehead atoms. The molecule has 0 atom stereocenters. The van der Waals surface area contributed by atoms with Gasteiger partial charge < -0.3 is 9.32 Å². The highest BCUT2D eigenvalue weighted by Crippen LogP contribution is 2.29. The number of sulfonamides is 1. The smallest absolute Gasteiger partial charge is 0.247 e. The fourth-order valence-electron chi connectivity index (χ4n) is 1.81. The number of furan rings is 1. The van der Waals surface area contributed by atoms with Crippen molar-refractivity contribution >= 4 is 37.6 Å². The molecule has 0 radical (unpaired) electrons. The van der Waals surface area contributed by atoms with Crippen LogP contribution >= 0.6 is 27.5 Å². The van der Waals surface area contributed by atoms with Gasteiger partial charge in [-0.2, -0.15) is 4.31 Å². The lowest BCUT2D eigenvalue weighted by Crippen LogP contribution is -2.47. The SMILES string of the molecule is CN1CCN(S(=O)(=O)c2cc(CCl)oc2Br)CC1. The van der Waals surface area contributed by atoms with Gasteiger partial charge in [0.25, 0.3) is 0 Å². The summed E-state index contributed by atoms with van der Waals surface area (Å²) < 4.78 is 31.8. The van der Waals surface area contributed by atoms with Crippen LogP contribution in [0.4, 0.5) is 0 Å². The van der Waals surface area contributed by atoms with Crippen LogP contribution in [0.5, 0.6) is 0 Å². The van der Waals surface area contributed by atoms with Crippen molar-refractivity contribution < 1.29 is 12.8 Å². The zero-order chi connectivity index (χ0) is 13.3. The van der Waals surface area contributed by atoms with Crippen LogP contribution in [0.1, 0.15) is 5.76 Å². The van der Waals surface area contributed by atoms with Crippen LogP contribution in [0.25, 0.3) is 0 Å². The van der Waals surface area contributed by atoms with Crippen LogP contribution in [0.15, 0.2) is 20.0 Å². The van der Waals surface area contributed by atoms with E-state index in [1.54, 1.807) is 0 Å². The van der Waals surface area contributed by atoms with Gasteiger partial charge in [0.15, 0.2) is 4.67 Å². The van der Waals surface area contributed by atoms with E-state index in [1.165, 1.54) is 10.4 Å². The molecule has 2 rings (SSSR count). The average Bonchev–Trinajstić information content (AvgIpc) is 2.72. The second-order valence-corrected chi connectivity index (χ2v) is 7.09. The Morgan fingerprint density at radius 3 is 2.50 bits per heavy atom. The number of nitrogens with zero attached hydrogens (tertiary/aromatic N) is 2. The highest BCUT2D eigenvalue weighted by Gasteiger charge is 2.31. The van der Waals surface area contributed by atoms with Crippen LogP contribution in [-0.2, 0) is 15.9 Å². The zero-order valence-electron chi connectivity index (χ0n) is 9.90. The third-order valence-electron chi connectivity index (χ3n) is 2.92. The second kappa shape index (κ2) is 5.50. The van der Waals surface area contributed by atoms with E-state index in [0.717, 1.165) is 13.1 Å². The summed E-state index contributed by atoms with van der Waals surface area (Å²) in [7, 11) is -1.52. The van der Waals surface area contributed by atoms with E-state index < -0.39 is 10.0 Å². The first-order valence-corrected chi connectivity index (χ1v) is 8.25. The van der Waals surface area contributed by atoms with E-state index in [2.05, 4.69) is 20.8 Å². The van der Waals surface area contributed by atoms with E-state index in [9.17, 15) is 8.42 Å². The summed E-state index contributed by atoms with van der Waals surface area (Å²) in [6, 6.07) is 1.48. The van der Waals surface area contributed by atoms with Gasteiger partial charge in [-0.05, 0) is 23.0 Å². The van der Waals surface area contributed by atoms with Crippen molar-refractivity contribution in [2.75, 3.05) is 33.2 Å². The molecular formula is C10H14BrClN2O3S. The third kappa shape index (κ3) is 2.75. The molecule has 0 amide bonds. The fourth-order valence-corrected chi connectivity index (χ4v) is 4.32. The number of likely N-dealkylation sites (N-methyl/N-ethyl adjacent to an activating group) is 1. The Hall–Kier alpha value is -0.0800. The van der Waals surface area contributed by atoms with Gasteiger partial charge in [0.2, 0.25) is 10.0 Å². The molecule has 0 aliphatic carbocycles. The lowest BCUT2D eigenvalue weighted by atomic mass is 10.4. The largest absolute Gasteiger partial charge is 0.452 e. The Morgan fingerprint density at radius 1 is 1.39 bits per heavy atom. The van der Waals surface area contributed by atoms with Crippen LogP contribution in [0.3, 0.4) is 0 Å². The summed E-state index contributed by atoms with van der Waals surface area (Å²) in [5.74, 6) is 0.591. The molecule has 0 N–H and O–H groups in total. The average molecular weight is 358 g/mol. The minimum Gasteiger partial charge on any atom is -0.452 e. The summed E-state index contributed by atoms with van der Waals surface area (Å²) in [6.45, 7) is 2.45. The van der Waals surface area contributed by atoms with E-state index >= 15 is 0 Å². The lowest BCUT2D eigenvalue weighted by Gasteiger charge is -2.31. The van der Waals surface area contributed by atoms with Crippen molar-refractivity contribution in [2.24, 2.45) is 0 Å². The van der Waals surface area contributed by atoms with Crippen LogP contribution in [-0.4, -0.2) is 50.8 Å². The normalized spacial score (nSPS) is 19.3. The van der Waals surface area contributed by atoms with Crippen LogP contribution in [0, 0.1) is 0 Å². The second-order valence-electron chi connectivity index (χ2n) is 4.19. The maximum atomic E-state index is 12.4. The van der Waals surface area contributed by atoms with Gasteiger partial charge in [-0.1, -0.05) is 0 Å². The van der Waals surface area contributed by atoms with Gasteiger partial charge in [0, 0.05) is 32.2 Å². The van der Waals surface area contributed by atoms with E-state index in [1.807, 2.05) is 7.05 Å². The van der Waals surface area contributed by atoms with Crippen LogP contribution < -0.4 is 0 Å². The van der Waals surface area contributed by atoms with Gasteiger partial charge in [-0.15, -0.1) is 11.6 Å². The van der Waals surface area contributed by atoms with Crippen molar-refractivity contribution in [3.8, 4) is 0 Å². The van der Waals surface area contributed by atoms with Crippen molar-refractivity contribution in [3.05, 3.63) is 16.5 Å². The first kappa shape index (κ1) is 14.3. The number of rotatable bonds is 3. The van der Waals surface area contributed by atoms with E-state index in [-0.39, 0.29) is 15.4 Å². The molecule has 8 heteroatoms. The molecule has 2 heterocycles. The van der Waals surface area contributed by atoms with Crippen LogP contribution in [0.2, 0.25) is 0 Å². The molecule has 1 aromatic heterocycles. The van der Waals surface area contributed by atoms with Crippen molar-refractivity contribution in [1.29, 1.82) is 0 Å². The summed E-state index contributed by atoms with van der Waals surface area (Å²) in [4.78, 5) is 2.25. The minimum atomic E-state index is -3.50. The Bertz CT molecular complexity index is 523. The van der Waals surface area contributed by atoms with Gasteiger partial charge in [0.1, 0.15) is 10.7 Å². The molecule has 1 aliphatic rings. The molecule has 1 saturated heterocycles. The van der Waals surface area contributed by atoms with Crippen molar-refractivity contribution in [3.63, 3.8) is 0 Å². The Balaban J connectivity index is 2.27. The van der Waals surface area contributed by atoms with Gasteiger partial charge in [-0.3, -0.25) is 0 Å². The van der Waals surface area contributed by atoms with Gasteiger partial charge in [-0.25, -0.2) is 8.42 Å². The predicted molar refractivity (Wildman–Crippen MR) is 72.2 cm³/mol. The summed E-state index contributed by atoms with van der Waals surface area (Å²) >= 11 is 8.77. The van der Waals surface area contributed by atoms with Gasteiger partial charge >= 0.3 is 0 Å². The van der Waals surface area contributed by atoms with Gasteiger partial charge in [0.05, 0.1) is 5.88 Å². The topological polar surface area (TPSA) is 53.8 Å². The molecule has 102 valence electrons. The molecule has 1 fully saturated rings. The molecule has 0 saturated carbocycles. The molecular weight excluding hydrogens is 344 g/mol. The summed E-state index contributed by atoms with van der Waals surface area (Å²) in [6.07, 6.45) is 0. The number of hydrogen-bond donors (Lipinski definition) is 0. The zero-order valence-corrected chi connectivity index (χ0v) is 13.1. The molecule has 1 aliphatic heterocycles. The minimum absolute atomic E-state index is 0.150. The lowest BCUT2D eigenvalue weighted by molar-refractivity contribution is 0.222. The first-order valence-electron chi connectivity index (χ1n) is 5.48. The maximum Gasteiger partial charge on any atom is 0.247 e. The van der Waals surface area contributed by atoms with E-state index in [4.69, 9.17) is 16.0 Å². The van der Waals surface area contributed by atoms with Crippen molar-refractivity contribution in [2.45, 2.75) is 10.8 Å². The highest BCUT2D eigenvalue weighted by atomic mass is 79.9. The number of piperazine rings is 1. The highest BCUT2D eigenvalue weighted by molar-refractivity contribution is 9.10. The quantitative estimate of drug-likeness (QED) is 0.773. The molecule has 5 nitrogen and oxygen atoms in total. The number of hydrogen-bond acceptors (Lipinski definition) is 4. The molecule has 1 aromatic rings. The monoisotopic (exact) mass is 356 g/mol. The number of alkyl halides is 1. The predicted octanol–water partition coefficient (Wildman–Crippen LogP) is 1.72. The molecule has 0 unspecified atom stereocenters. The molecule has 18 heavy (non-hydrogen) atoms. The summed E-state index contributed by atoms with van der Waals surface area (Å²) in [5.41, 5.74) is 0. The standard InChI is InChI=1S/C10H14BrClN2O3S/c1-13-2-4-14(5-3-13)18(15,16)9-6-8(7-12)17-10(9)11/h6H,2-5,7H2,1H3. The molecule has 0 spiro atoms. The van der Waals surface area contributed by atoms with E-state index in [0.29, 0.717) is 18.8 Å². The molecule has 0 aromatic carbocycles. The Morgan fingerprint density at radius 2 is 2.00 bits per heavy atom. The Kier molecular flexibility index (Phi) is 4.38. The summed E-state index contributed by atoms with van der Waals surface area (Å²) in [5, 5.41) is 0. The van der Waals surface area contributed by atoms with Crippen molar-refractivity contribution in [1.82, 2.24) is 9.21 Å². The Labute approximate surface area is 120 Å². The maximum absolute atomic E-state index is 12.4. The third-order valence-corrected chi connectivity index (χ3v) is 5.94.